The van der Waals surface area contributed by atoms with E-state index in [9.17, 15) is 0 Å². The Morgan fingerprint density at radius 1 is 0.348 bits per heavy atom. The van der Waals surface area contributed by atoms with E-state index < -0.39 is 0 Å². The van der Waals surface area contributed by atoms with E-state index in [4.69, 9.17) is 15.0 Å². The van der Waals surface area contributed by atoms with E-state index in [1.807, 2.05) is 60.7 Å². The molecule has 10 aromatic rings. The average Bonchev–Trinajstić information content (AvgIpc) is 3.69. The van der Waals surface area contributed by atoms with Crippen molar-refractivity contribution in [2.45, 2.75) is 0 Å². The normalized spacial score (nSPS) is 11.9. The van der Waals surface area contributed by atoms with E-state index in [1.165, 1.54) is 43.5 Å². The minimum absolute atomic E-state index is 0.595. The van der Waals surface area contributed by atoms with Crippen LogP contribution in [0, 0.1) is 0 Å². The number of benzene rings is 6. The molecule has 46 heavy (non-hydrogen) atoms. The summed E-state index contributed by atoms with van der Waals surface area (Å²) in [4.78, 5) is 15.2. The van der Waals surface area contributed by atoms with E-state index in [0.29, 0.717) is 17.6 Å². The van der Waals surface area contributed by atoms with E-state index in [2.05, 4.69) is 100.0 Å². The van der Waals surface area contributed by atoms with Crippen molar-refractivity contribution < 1.29 is 0 Å². The first-order chi connectivity index (χ1) is 22.8. The van der Waals surface area contributed by atoms with Crippen LogP contribution in [0.15, 0.2) is 152 Å². The largest absolute Gasteiger partial charge is 0.309 e. The Bertz CT molecular complexity index is 2740. The SMILES string of the molecule is c1ccc(-c2nc(-c3ccccc3)nc(-n3c4ccccc4c4c5cc6c7ccccc7c7ccccc7n6c5ccc43)n2)cc1. The van der Waals surface area contributed by atoms with Crippen molar-refractivity contribution in [2.24, 2.45) is 0 Å². The maximum absolute atomic E-state index is 5.11. The lowest BCUT2D eigenvalue weighted by molar-refractivity contribution is 0.953. The van der Waals surface area contributed by atoms with Gasteiger partial charge in [0.05, 0.1) is 27.6 Å². The van der Waals surface area contributed by atoms with E-state index in [1.54, 1.807) is 0 Å². The molecule has 6 aromatic carbocycles. The van der Waals surface area contributed by atoms with Crippen LogP contribution in [-0.4, -0.2) is 23.9 Å². The van der Waals surface area contributed by atoms with E-state index in [-0.39, 0.29) is 0 Å². The molecule has 5 nitrogen and oxygen atoms in total. The Kier molecular flexibility index (Phi) is 5.22. The van der Waals surface area contributed by atoms with Crippen LogP contribution in [-0.2, 0) is 0 Å². The van der Waals surface area contributed by atoms with E-state index in [0.717, 1.165) is 27.5 Å². The Morgan fingerprint density at radius 3 is 1.52 bits per heavy atom. The summed E-state index contributed by atoms with van der Waals surface area (Å²) in [6.45, 7) is 0. The fourth-order valence-corrected chi connectivity index (χ4v) is 7.16. The zero-order chi connectivity index (χ0) is 30.2. The fraction of sp³-hybridized carbons (Fsp3) is 0. The number of para-hydroxylation sites is 2. The predicted molar refractivity (Wildman–Crippen MR) is 189 cm³/mol. The highest BCUT2D eigenvalue weighted by Crippen LogP contribution is 2.41. The fourth-order valence-electron chi connectivity index (χ4n) is 7.16. The van der Waals surface area contributed by atoms with Gasteiger partial charge >= 0.3 is 0 Å². The van der Waals surface area contributed by atoms with Crippen molar-refractivity contribution in [3.8, 4) is 28.7 Å². The van der Waals surface area contributed by atoms with Crippen LogP contribution in [0.25, 0.3) is 88.6 Å². The molecule has 214 valence electrons. The molecule has 0 unspecified atom stereocenters. The highest BCUT2D eigenvalue weighted by atomic mass is 15.2. The molecule has 4 aromatic heterocycles. The highest BCUT2D eigenvalue weighted by molar-refractivity contribution is 6.24. The van der Waals surface area contributed by atoms with Gasteiger partial charge in [0.1, 0.15) is 0 Å². The summed E-state index contributed by atoms with van der Waals surface area (Å²) in [5.41, 5.74) is 7.59. The number of rotatable bonds is 3. The number of nitrogens with zero attached hydrogens (tertiary/aromatic N) is 5. The molecule has 0 amide bonds. The first-order valence-corrected chi connectivity index (χ1v) is 15.5. The summed E-state index contributed by atoms with van der Waals surface area (Å²) in [6, 6.07) is 53.1. The molecular formula is C41H25N5. The molecular weight excluding hydrogens is 562 g/mol. The molecule has 0 saturated carbocycles. The van der Waals surface area contributed by atoms with Gasteiger partial charge in [0.15, 0.2) is 11.6 Å². The summed E-state index contributed by atoms with van der Waals surface area (Å²) in [7, 11) is 0. The monoisotopic (exact) mass is 587 g/mol. The smallest absolute Gasteiger partial charge is 0.238 e. The second-order valence-corrected chi connectivity index (χ2v) is 11.7. The molecule has 0 spiro atoms. The van der Waals surface area contributed by atoms with Gasteiger partial charge in [-0.15, -0.1) is 0 Å². The van der Waals surface area contributed by atoms with Crippen molar-refractivity contribution in [1.82, 2.24) is 23.9 Å². The minimum atomic E-state index is 0.595. The van der Waals surface area contributed by atoms with Crippen molar-refractivity contribution in [3.05, 3.63) is 152 Å². The topological polar surface area (TPSA) is 48.0 Å². The third-order valence-corrected chi connectivity index (χ3v) is 9.14. The lowest BCUT2D eigenvalue weighted by Crippen LogP contribution is -2.06. The molecule has 0 fully saturated rings. The van der Waals surface area contributed by atoms with Gasteiger partial charge in [-0.2, -0.15) is 9.97 Å². The van der Waals surface area contributed by atoms with Gasteiger partial charge in [-0.3, -0.25) is 4.57 Å². The van der Waals surface area contributed by atoms with Gasteiger partial charge in [-0.25, -0.2) is 4.98 Å². The van der Waals surface area contributed by atoms with Gasteiger partial charge in [0.2, 0.25) is 5.95 Å². The Balaban J connectivity index is 1.34. The zero-order valence-corrected chi connectivity index (χ0v) is 24.7. The van der Waals surface area contributed by atoms with Crippen LogP contribution in [0.1, 0.15) is 0 Å². The maximum atomic E-state index is 5.11. The first-order valence-electron chi connectivity index (χ1n) is 15.5. The molecule has 0 radical (unpaired) electrons. The quantitative estimate of drug-likeness (QED) is 0.193. The number of hydrogen-bond acceptors (Lipinski definition) is 3. The molecule has 0 bridgehead atoms. The van der Waals surface area contributed by atoms with Crippen LogP contribution >= 0.6 is 0 Å². The Morgan fingerprint density at radius 2 is 0.848 bits per heavy atom. The standard InChI is InChI=1S/C41H25N5/c1-3-13-26(14-4-1)39-42-40(27-15-5-2-6-16-27)44-41(43-39)46-34-22-12-10-20-31(34)38-32-25-37-30-19-8-7-17-28(30)29-18-9-11-21-33(29)45(37)35(32)23-24-36(38)46/h1-25H. The number of hydrogen-bond donors (Lipinski definition) is 0. The second kappa shape index (κ2) is 9.58. The number of pyridine rings is 1. The highest BCUT2D eigenvalue weighted by Gasteiger charge is 2.21. The van der Waals surface area contributed by atoms with Crippen LogP contribution in [0.2, 0.25) is 0 Å². The van der Waals surface area contributed by atoms with Gasteiger partial charge in [-0.05, 0) is 35.7 Å². The average molecular weight is 588 g/mol. The molecule has 5 heteroatoms. The predicted octanol–water partition coefficient (Wildman–Crippen LogP) is 10.0. The van der Waals surface area contributed by atoms with E-state index >= 15 is 0 Å². The van der Waals surface area contributed by atoms with Crippen molar-refractivity contribution in [1.29, 1.82) is 0 Å². The number of aromatic nitrogens is 5. The van der Waals surface area contributed by atoms with Gasteiger partial charge < -0.3 is 4.40 Å². The maximum Gasteiger partial charge on any atom is 0.238 e. The van der Waals surface area contributed by atoms with Gasteiger partial charge in [0.25, 0.3) is 0 Å². The summed E-state index contributed by atoms with van der Waals surface area (Å²) in [5.74, 6) is 1.88. The van der Waals surface area contributed by atoms with Crippen LogP contribution in [0.4, 0.5) is 0 Å². The number of fused-ring (bicyclic) bond motifs is 12. The first kappa shape index (κ1) is 25.0. The third-order valence-electron chi connectivity index (χ3n) is 9.14. The Labute approximate surface area is 263 Å². The molecule has 0 aliphatic heterocycles. The van der Waals surface area contributed by atoms with Crippen molar-refractivity contribution >= 4 is 59.9 Å². The summed E-state index contributed by atoms with van der Waals surface area (Å²) in [6.07, 6.45) is 0. The molecule has 0 aliphatic carbocycles. The van der Waals surface area contributed by atoms with Crippen LogP contribution < -0.4 is 0 Å². The zero-order valence-electron chi connectivity index (χ0n) is 24.7. The molecule has 0 aliphatic rings. The van der Waals surface area contributed by atoms with Gasteiger partial charge in [-0.1, -0.05) is 121 Å². The summed E-state index contributed by atoms with van der Waals surface area (Å²) in [5, 5.41) is 7.31. The Hall–Kier alpha value is -6.33. The van der Waals surface area contributed by atoms with Crippen molar-refractivity contribution in [2.75, 3.05) is 0 Å². The molecule has 0 N–H and O–H groups in total. The summed E-state index contributed by atoms with van der Waals surface area (Å²) >= 11 is 0. The van der Waals surface area contributed by atoms with Gasteiger partial charge in [0, 0.05) is 38.1 Å². The van der Waals surface area contributed by atoms with Crippen molar-refractivity contribution in [3.63, 3.8) is 0 Å². The molecule has 0 atom stereocenters. The lowest BCUT2D eigenvalue weighted by Gasteiger charge is -2.11. The molecule has 10 rings (SSSR count). The molecule has 4 heterocycles. The minimum Gasteiger partial charge on any atom is -0.309 e. The summed E-state index contributed by atoms with van der Waals surface area (Å²) < 4.78 is 4.62. The molecule has 0 saturated heterocycles. The van der Waals surface area contributed by atoms with Crippen LogP contribution in [0.3, 0.4) is 0 Å². The second-order valence-electron chi connectivity index (χ2n) is 11.7. The lowest BCUT2D eigenvalue weighted by atomic mass is 10.0. The van der Waals surface area contributed by atoms with Crippen LogP contribution in [0.5, 0.6) is 0 Å². The third kappa shape index (κ3) is 3.54.